The summed E-state index contributed by atoms with van der Waals surface area (Å²) in [5.41, 5.74) is 9.55. The Kier molecular flexibility index (Phi) is 8.89. The molecule has 2 aromatic heterocycles. The largest absolute Gasteiger partial charge is 0.507 e. The number of nitrogens with zero attached hydrogens (tertiary/aromatic N) is 3. The number of imidazole rings is 1. The predicted molar refractivity (Wildman–Crippen MR) is 243 cm³/mol. The topological polar surface area (TPSA) is 50.9 Å². The van der Waals surface area contributed by atoms with E-state index in [0.717, 1.165) is 44.6 Å². The summed E-state index contributed by atoms with van der Waals surface area (Å²) in [4.78, 5) is 10.1. The van der Waals surface area contributed by atoms with Gasteiger partial charge in [0.05, 0.1) is 27.8 Å². The molecule has 0 bridgehead atoms. The van der Waals surface area contributed by atoms with Gasteiger partial charge in [0.25, 0.3) is 0 Å². The maximum Gasteiger partial charge on any atom is 0.148 e. The standard InChI is InChI=1S/C54H52N3O.Pt/c1-34(2)38-23-26-48(46(32-38)37-21-24-42(25-22-37)53(4,5)6)57-49-15-12-14-44(51(49)56-52(57)45-13-10-11-16-50(45)58)40-29-41(31-43(30-40)54(7,8)9)47-33-39(27-28-55-47)36-19-17-35(3)18-20-36;/h10-28,30-34,58H,1-9H3;/q-1;/i3D3,17D,18D,19D,20D,34D;. The molecule has 2 heterocycles. The van der Waals surface area contributed by atoms with Crippen LogP contribution in [0.15, 0.2) is 140 Å². The summed E-state index contributed by atoms with van der Waals surface area (Å²) in [6, 6.07) is 36.7. The summed E-state index contributed by atoms with van der Waals surface area (Å²) < 4.78 is 69.4. The minimum atomic E-state index is -2.83. The minimum absolute atomic E-state index is 0. The molecule has 8 aromatic rings. The van der Waals surface area contributed by atoms with Crippen LogP contribution in [0, 0.1) is 12.9 Å². The van der Waals surface area contributed by atoms with E-state index in [9.17, 15) is 5.11 Å². The number of aromatic hydroxyl groups is 1. The predicted octanol–water partition coefficient (Wildman–Crippen LogP) is 14.3. The van der Waals surface area contributed by atoms with Crippen molar-refractivity contribution in [2.45, 2.75) is 79.0 Å². The molecule has 0 aliphatic heterocycles. The average Bonchev–Trinajstić information content (AvgIpc) is 3.64. The van der Waals surface area contributed by atoms with Crippen molar-refractivity contribution < 1.29 is 37.1 Å². The first-order valence-corrected chi connectivity index (χ1v) is 19.6. The van der Waals surface area contributed by atoms with Gasteiger partial charge in [0.1, 0.15) is 11.6 Å². The molecule has 0 aliphatic carbocycles. The van der Waals surface area contributed by atoms with E-state index in [1.165, 1.54) is 11.8 Å². The Bertz CT molecular complexity index is 3160. The van der Waals surface area contributed by atoms with Crippen molar-refractivity contribution in [3.05, 3.63) is 168 Å². The number of hydrogen-bond acceptors (Lipinski definition) is 3. The van der Waals surface area contributed by atoms with E-state index in [0.29, 0.717) is 33.7 Å². The molecule has 0 radical (unpaired) electrons. The van der Waals surface area contributed by atoms with E-state index in [-0.39, 0.29) is 43.2 Å². The molecule has 300 valence electrons. The number of phenols is 1. The fourth-order valence-electron chi connectivity index (χ4n) is 7.30. The van der Waals surface area contributed by atoms with Crippen molar-refractivity contribution in [1.29, 1.82) is 0 Å². The van der Waals surface area contributed by atoms with Crippen LogP contribution in [0.3, 0.4) is 0 Å². The Morgan fingerprint density at radius 3 is 2.07 bits per heavy atom. The van der Waals surface area contributed by atoms with Gasteiger partial charge in [0.2, 0.25) is 0 Å². The van der Waals surface area contributed by atoms with Crippen LogP contribution in [0.5, 0.6) is 5.75 Å². The van der Waals surface area contributed by atoms with Gasteiger partial charge in [-0.1, -0.05) is 157 Å². The van der Waals surface area contributed by atoms with E-state index in [1.54, 1.807) is 24.3 Å². The number of rotatable bonds is 7. The molecule has 0 spiro atoms. The summed E-state index contributed by atoms with van der Waals surface area (Å²) in [7, 11) is 0. The Hall–Kier alpha value is -5.57. The molecular weight excluding hydrogens is 902 g/mol. The molecular formula is C54H52N3OPt-. The number of benzene rings is 6. The van der Waals surface area contributed by atoms with Gasteiger partial charge in [0.15, 0.2) is 0 Å². The molecule has 0 amide bonds. The van der Waals surface area contributed by atoms with E-state index >= 15 is 0 Å². The summed E-state index contributed by atoms with van der Waals surface area (Å²) >= 11 is 0. The van der Waals surface area contributed by atoms with Gasteiger partial charge in [-0.25, -0.2) is 4.98 Å². The fraction of sp³-hybridized carbons (Fsp3) is 0.222. The first-order chi connectivity index (χ1) is 30.8. The first-order valence-electron chi connectivity index (χ1n) is 23.6. The molecule has 8 rings (SSSR count). The first kappa shape index (κ1) is 32.3. The van der Waals surface area contributed by atoms with Gasteiger partial charge in [-0.15, -0.1) is 29.3 Å². The molecule has 6 aromatic carbocycles. The quantitative estimate of drug-likeness (QED) is 0.162. The zero-order valence-electron chi connectivity index (χ0n) is 42.6. The van der Waals surface area contributed by atoms with Crippen LogP contribution in [-0.2, 0) is 31.9 Å². The average molecular weight is 962 g/mol. The fourth-order valence-corrected chi connectivity index (χ4v) is 7.30. The van der Waals surface area contributed by atoms with Crippen LogP contribution in [0.4, 0.5) is 0 Å². The van der Waals surface area contributed by atoms with Gasteiger partial charge in [0, 0.05) is 44.0 Å². The van der Waals surface area contributed by atoms with E-state index in [2.05, 4.69) is 88.6 Å². The van der Waals surface area contributed by atoms with Crippen molar-refractivity contribution >= 4 is 11.0 Å². The van der Waals surface area contributed by atoms with Crippen LogP contribution in [0.25, 0.3) is 72.7 Å². The second-order valence-corrected chi connectivity index (χ2v) is 17.1. The number of aromatic nitrogens is 3. The van der Waals surface area contributed by atoms with Crippen LogP contribution < -0.4 is 0 Å². The van der Waals surface area contributed by atoms with Crippen molar-refractivity contribution in [1.82, 2.24) is 14.5 Å². The van der Waals surface area contributed by atoms with Crippen molar-refractivity contribution in [3.63, 3.8) is 0 Å². The Labute approximate surface area is 375 Å². The monoisotopic (exact) mass is 961 g/mol. The number of pyridine rings is 1. The maximum atomic E-state index is 11.4. The van der Waals surface area contributed by atoms with E-state index in [4.69, 9.17) is 20.9 Å². The van der Waals surface area contributed by atoms with Crippen LogP contribution >= 0.6 is 0 Å². The van der Waals surface area contributed by atoms with Gasteiger partial charge in [-0.3, -0.25) is 9.55 Å². The third kappa shape index (κ3) is 8.34. The van der Waals surface area contributed by atoms with Crippen molar-refractivity contribution in [2.75, 3.05) is 0 Å². The normalized spacial score (nSPS) is 14.2. The number of hydrogen-bond donors (Lipinski definition) is 1. The Morgan fingerprint density at radius 1 is 0.695 bits per heavy atom. The second kappa shape index (κ2) is 16.2. The summed E-state index contributed by atoms with van der Waals surface area (Å²) in [6.45, 7) is 13.8. The zero-order valence-corrected chi connectivity index (χ0v) is 36.8. The molecule has 59 heavy (non-hydrogen) atoms. The molecule has 0 saturated carbocycles. The molecule has 5 heteroatoms. The van der Waals surface area contributed by atoms with Gasteiger partial charge in [-0.2, -0.15) is 0 Å². The summed E-state index contributed by atoms with van der Waals surface area (Å²) in [5, 5.41) is 11.4. The molecule has 0 saturated heterocycles. The van der Waals surface area contributed by atoms with Gasteiger partial charge >= 0.3 is 0 Å². The van der Waals surface area contributed by atoms with Crippen LogP contribution in [0.1, 0.15) is 94.5 Å². The summed E-state index contributed by atoms with van der Waals surface area (Å²) in [5.74, 6) is -0.289. The smallest absolute Gasteiger partial charge is 0.148 e. The molecule has 0 fully saturated rings. The zero-order chi connectivity index (χ0) is 47.8. The molecule has 1 N–H and O–H groups in total. The van der Waals surface area contributed by atoms with Crippen molar-refractivity contribution in [2.24, 2.45) is 0 Å². The maximum absolute atomic E-state index is 11.4. The number of para-hydroxylation sites is 2. The SMILES string of the molecule is [2H]c1c([2H])c(C([2H])([2H])[2H])c([2H])c([2H])c1-c1ccnc(-c2[c-]c(-c3cccc4c3nc(-c3ccccc3O)n4-c3ccc(C([2H])(C)C)cc3-c3ccc(C(C)(C)C)cc3)cc(C(C)(C)C)c2)c1.[Pt]. The van der Waals surface area contributed by atoms with Crippen LogP contribution in [-0.4, -0.2) is 19.6 Å². The Balaban J connectivity index is 0.00000666. The third-order valence-electron chi connectivity index (χ3n) is 10.7. The number of phenolic OH excluding ortho intramolecular Hbond substituents is 1. The van der Waals surface area contributed by atoms with E-state index < -0.39 is 42.5 Å². The molecule has 0 unspecified atom stereocenters. The minimum Gasteiger partial charge on any atom is -0.507 e. The van der Waals surface area contributed by atoms with E-state index in [1.807, 2.05) is 62.4 Å². The van der Waals surface area contributed by atoms with Crippen LogP contribution in [0.2, 0.25) is 0 Å². The van der Waals surface area contributed by atoms with Crippen molar-refractivity contribution in [3.8, 4) is 67.5 Å². The molecule has 0 aliphatic rings. The second-order valence-electron chi connectivity index (χ2n) is 17.1. The Morgan fingerprint density at radius 2 is 1.39 bits per heavy atom. The third-order valence-corrected chi connectivity index (χ3v) is 10.7. The number of fused-ring (bicyclic) bond motifs is 1. The van der Waals surface area contributed by atoms with Gasteiger partial charge in [-0.05, 0) is 87.8 Å². The van der Waals surface area contributed by atoms with Gasteiger partial charge < -0.3 is 5.11 Å². The molecule has 4 nitrogen and oxygen atoms in total. The summed E-state index contributed by atoms with van der Waals surface area (Å²) in [6.07, 6.45) is 1.54. The molecule has 0 atom stereocenters.